The average Bonchev–Trinajstić information content (AvgIpc) is 2.63. The Morgan fingerprint density at radius 3 is 2.56 bits per heavy atom. The van der Waals surface area contributed by atoms with E-state index in [-0.39, 0.29) is 10.8 Å². The summed E-state index contributed by atoms with van der Waals surface area (Å²) in [5.41, 5.74) is 3.67. The van der Waals surface area contributed by atoms with E-state index in [0.29, 0.717) is 0 Å². The Morgan fingerprint density at radius 2 is 1.89 bits per heavy atom. The third-order valence-electron chi connectivity index (χ3n) is 4.32. The summed E-state index contributed by atoms with van der Waals surface area (Å²) >= 11 is 5.87. The highest BCUT2D eigenvalue weighted by atomic mass is 35.5. The standard InChI is InChI=1S/C18H19ClF3N5/c1-26-6-8-27(9-7-26)16-5-3-2-4-13(16)11-24-25-17-15(19)10-14(12-23-17)18(20,21)22/h2-5,10-12H,6-9H2,1H3,(H,23,25)/b24-11-. The minimum Gasteiger partial charge on any atom is -0.368 e. The van der Waals surface area contributed by atoms with Gasteiger partial charge in [0.2, 0.25) is 0 Å². The number of halogens is 4. The average molecular weight is 398 g/mol. The smallest absolute Gasteiger partial charge is 0.368 e. The number of alkyl halides is 3. The second-order valence-electron chi connectivity index (χ2n) is 6.27. The van der Waals surface area contributed by atoms with Crippen molar-refractivity contribution in [2.24, 2.45) is 5.10 Å². The molecule has 27 heavy (non-hydrogen) atoms. The lowest BCUT2D eigenvalue weighted by molar-refractivity contribution is -0.137. The van der Waals surface area contributed by atoms with Gasteiger partial charge in [0.1, 0.15) is 0 Å². The number of hydrazone groups is 1. The Bertz CT molecular complexity index is 817. The van der Waals surface area contributed by atoms with Crippen molar-refractivity contribution in [1.82, 2.24) is 9.88 Å². The zero-order valence-electron chi connectivity index (χ0n) is 14.7. The molecule has 0 aliphatic carbocycles. The molecule has 2 aromatic rings. The van der Waals surface area contributed by atoms with Crippen LogP contribution in [0.3, 0.4) is 0 Å². The van der Waals surface area contributed by atoms with Gasteiger partial charge < -0.3 is 9.80 Å². The van der Waals surface area contributed by atoms with E-state index in [1.165, 1.54) is 0 Å². The molecule has 3 rings (SSSR count). The molecular formula is C18H19ClF3N5. The molecule has 1 saturated heterocycles. The number of likely N-dealkylation sites (N-methyl/N-ethyl adjacent to an activating group) is 1. The molecule has 144 valence electrons. The first-order chi connectivity index (χ1) is 12.8. The fourth-order valence-electron chi connectivity index (χ4n) is 2.77. The predicted octanol–water partition coefficient (Wildman–Crippen LogP) is 3.95. The maximum absolute atomic E-state index is 12.7. The Labute approximate surface area is 160 Å². The highest BCUT2D eigenvalue weighted by molar-refractivity contribution is 6.32. The van der Waals surface area contributed by atoms with Crippen LogP contribution in [0.2, 0.25) is 5.02 Å². The fraction of sp³-hybridized carbons (Fsp3) is 0.333. The first kappa shape index (κ1) is 19.4. The fourth-order valence-corrected chi connectivity index (χ4v) is 2.98. The lowest BCUT2D eigenvalue weighted by Crippen LogP contribution is -2.44. The van der Waals surface area contributed by atoms with Crippen LogP contribution >= 0.6 is 11.6 Å². The molecule has 1 N–H and O–H groups in total. The highest BCUT2D eigenvalue weighted by Crippen LogP contribution is 2.32. The van der Waals surface area contributed by atoms with E-state index < -0.39 is 11.7 Å². The van der Waals surface area contributed by atoms with Gasteiger partial charge in [-0.2, -0.15) is 18.3 Å². The van der Waals surface area contributed by atoms with Gasteiger partial charge in [0, 0.05) is 43.6 Å². The van der Waals surface area contributed by atoms with Crippen LogP contribution in [0.25, 0.3) is 0 Å². The van der Waals surface area contributed by atoms with Gasteiger partial charge in [-0.1, -0.05) is 29.8 Å². The zero-order chi connectivity index (χ0) is 19.4. The first-order valence-electron chi connectivity index (χ1n) is 8.39. The van der Waals surface area contributed by atoms with E-state index in [2.05, 4.69) is 32.4 Å². The van der Waals surface area contributed by atoms with Crippen LogP contribution in [0.1, 0.15) is 11.1 Å². The van der Waals surface area contributed by atoms with E-state index in [9.17, 15) is 13.2 Å². The summed E-state index contributed by atoms with van der Waals surface area (Å²) in [4.78, 5) is 8.26. The molecule has 0 unspecified atom stereocenters. The van der Waals surface area contributed by atoms with Gasteiger partial charge in [-0.25, -0.2) is 4.98 Å². The minimum atomic E-state index is -4.49. The Morgan fingerprint density at radius 1 is 1.19 bits per heavy atom. The molecule has 1 aromatic heterocycles. The van der Waals surface area contributed by atoms with Gasteiger partial charge in [0.05, 0.1) is 16.8 Å². The SMILES string of the molecule is CN1CCN(c2ccccc2/C=N\Nc2ncc(C(F)(F)F)cc2Cl)CC1. The lowest BCUT2D eigenvalue weighted by Gasteiger charge is -2.34. The number of rotatable bonds is 4. The maximum Gasteiger partial charge on any atom is 0.417 e. The summed E-state index contributed by atoms with van der Waals surface area (Å²) in [7, 11) is 2.09. The van der Waals surface area contributed by atoms with Crippen LogP contribution in [-0.4, -0.2) is 49.3 Å². The van der Waals surface area contributed by atoms with Crippen molar-refractivity contribution < 1.29 is 13.2 Å². The maximum atomic E-state index is 12.7. The molecule has 0 atom stereocenters. The number of piperazine rings is 1. The highest BCUT2D eigenvalue weighted by Gasteiger charge is 2.31. The molecule has 0 radical (unpaired) electrons. The summed E-state index contributed by atoms with van der Waals surface area (Å²) in [5.74, 6) is 0.0676. The lowest BCUT2D eigenvalue weighted by atomic mass is 10.1. The normalized spacial score (nSPS) is 16.1. The number of hydrogen-bond acceptors (Lipinski definition) is 5. The molecule has 0 bridgehead atoms. The quantitative estimate of drug-likeness (QED) is 0.626. The Balaban J connectivity index is 1.72. The van der Waals surface area contributed by atoms with E-state index in [1.54, 1.807) is 6.21 Å². The van der Waals surface area contributed by atoms with Crippen LogP contribution < -0.4 is 10.3 Å². The van der Waals surface area contributed by atoms with Crippen LogP contribution in [0.5, 0.6) is 0 Å². The van der Waals surface area contributed by atoms with Gasteiger partial charge >= 0.3 is 6.18 Å². The molecule has 1 aliphatic heterocycles. The number of hydrogen-bond donors (Lipinski definition) is 1. The van der Waals surface area contributed by atoms with E-state index in [4.69, 9.17) is 11.6 Å². The third kappa shape index (κ3) is 4.90. The number of benzene rings is 1. The van der Waals surface area contributed by atoms with Gasteiger partial charge in [-0.05, 0) is 19.2 Å². The van der Waals surface area contributed by atoms with E-state index in [1.807, 2.05) is 24.3 Å². The zero-order valence-corrected chi connectivity index (χ0v) is 15.4. The molecule has 5 nitrogen and oxygen atoms in total. The number of aromatic nitrogens is 1. The molecule has 0 saturated carbocycles. The predicted molar refractivity (Wildman–Crippen MR) is 102 cm³/mol. The second-order valence-corrected chi connectivity index (χ2v) is 6.68. The van der Waals surface area contributed by atoms with Crippen molar-refractivity contribution in [3.63, 3.8) is 0 Å². The molecular weight excluding hydrogens is 379 g/mol. The monoisotopic (exact) mass is 397 g/mol. The summed E-state index contributed by atoms with van der Waals surface area (Å²) in [5, 5.41) is 3.95. The molecule has 9 heteroatoms. The molecule has 1 aromatic carbocycles. The Hall–Kier alpha value is -2.32. The van der Waals surface area contributed by atoms with Crippen LogP contribution in [0, 0.1) is 0 Å². The molecule has 0 spiro atoms. The first-order valence-corrected chi connectivity index (χ1v) is 8.77. The van der Waals surface area contributed by atoms with Gasteiger partial charge in [0.15, 0.2) is 5.82 Å². The topological polar surface area (TPSA) is 43.8 Å². The summed E-state index contributed by atoms with van der Waals surface area (Å²) < 4.78 is 38.0. The Kier molecular flexibility index (Phi) is 5.86. The number of pyridine rings is 1. The molecule has 0 amide bonds. The molecule has 2 heterocycles. The number of para-hydroxylation sites is 1. The van der Waals surface area contributed by atoms with Crippen molar-refractivity contribution in [2.75, 3.05) is 43.6 Å². The summed E-state index contributed by atoms with van der Waals surface area (Å²) in [6.07, 6.45) is -2.15. The summed E-state index contributed by atoms with van der Waals surface area (Å²) in [6.45, 7) is 3.80. The number of anilines is 2. The van der Waals surface area contributed by atoms with E-state index in [0.717, 1.165) is 49.7 Å². The summed E-state index contributed by atoms with van der Waals surface area (Å²) in [6, 6.07) is 8.65. The van der Waals surface area contributed by atoms with Crippen molar-refractivity contribution in [1.29, 1.82) is 0 Å². The van der Waals surface area contributed by atoms with Crippen molar-refractivity contribution in [3.05, 3.63) is 52.7 Å². The van der Waals surface area contributed by atoms with E-state index >= 15 is 0 Å². The van der Waals surface area contributed by atoms with Crippen LogP contribution in [-0.2, 0) is 6.18 Å². The minimum absolute atomic E-state index is 0.0676. The molecule has 1 fully saturated rings. The number of nitrogens with one attached hydrogen (secondary N) is 1. The van der Waals surface area contributed by atoms with Crippen molar-refractivity contribution in [2.45, 2.75) is 6.18 Å². The van der Waals surface area contributed by atoms with Gasteiger partial charge in [-0.3, -0.25) is 5.43 Å². The largest absolute Gasteiger partial charge is 0.417 e. The van der Waals surface area contributed by atoms with Crippen LogP contribution in [0.15, 0.2) is 41.6 Å². The number of nitrogens with zero attached hydrogens (tertiary/aromatic N) is 4. The second kappa shape index (κ2) is 8.14. The molecule has 1 aliphatic rings. The van der Waals surface area contributed by atoms with Crippen molar-refractivity contribution in [3.8, 4) is 0 Å². The van der Waals surface area contributed by atoms with Gasteiger partial charge in [0.25, 0.3) is 0 Å². The van der Waals surface area contributed by atoms with Crippen molar-refractivity contribution >= 4 is 29.3 Å². The third-order valence-corrected chi connectivity index (χ3v) is 4.61. The van der Waals surface area contributed by atoms with Crippen LogP contribution in [0.4, 0.5) is 24.7 Å². The van der Waals surface area contributed by atoms with Gasteiger partial charge in [-0.15, -0.1) is 0 Å².